The fourth-order valence-electron chi connectivity index (χ4n) is 0.875. The summed E-state index contributed by atoms with van der Waals surface area (Å²) in [5.74, 6) is 0. The molecule has 0 aliphatic carbocycles. The zero-order valence-corrected chi connectivity index (χ0v) is 9.39. The third-order valence-electron chi connectivity index (χ3n) is 1.53. The summed E-state index contributed by atoms with van der Waals surface area (Å²) in [4.78, 5) is 21.5. The van der Waals surface area contributed by atoms with Crippen LogP contribution in [-0.2, 0) is 9.59 Å². The van der Waals surface area contributed by atoms with Crippen LogP contribution in [0.15, 0.2) is 36.8 Å². The quantitative estimate of drug-likeness (QED) is 0.459. The Morgan fingerprint density at radius 2 is 1.80 bits per heavy atom. The number of hydrogen-bond acceptors (Lipinski definition) is 6. The smallest absolute Gasteiger partial charge is 0.210 e. The van der Waals surface area contributed by atoms with Crippen LogP contribution in [0.1, 0.15) is 5.56 Å². The van der Waals surface area contributed by atoms with E-state index >= 15 is 0 Å². The highest BCUT2D eigenvalue weighted by Gasteiger charge is 2.01. The molecule has 0 heterocycles. The Kier molecular flexibility index (Phi) is 4.87. The lowest BCUT2D eigenvalue weighted by molar-refractivity contribution is 0.565. The molecule has 1 rings (SSSR count). The lowest BCUT2D eigenvalue weighted by atomic mass is 10.2. The number of rotatable bonds is 4. The Labute approximate surface area is 95.2 Å². The summed E-state index contributed by atoms with van der Waals surface area (Å²) in [6, 6.07) is 5.49. The van der Waals surface area contributed by atoms with Crippen molar-refractivity contribution in [3.63, 3.8) is 0 Å². The van der Waals surface area contributed by atoms with Crippen molar-refractivity contribution in [1.29, 1.82) is 0 Å². The van der Waals surface area contributed by atoms with Gasteiger partial charge in [0.1, 0.15) is 0 Å². The van der Waals surface area contributed by atoms with Crippen molar-refractivity contribution in [2.45, 2.75) is 16.7 Å². The van der Waals surface area contributed by atoms with Gasteiger partial charge in [-0.25, -0.2) is 9.59 Å². The maximum absolute atomic E-state index is 9.96. The molecule has 0 spiro atoms. The summed E-state index contributed by atoms with van der Waals surface area (Å²) in [6.45, 7) is 1.90. The van der Waals surface area contributed by atoms with Crippen LogP contribution < -0.4 is 0 Å². The summed E-state index contributed by atoms with van der Waals surface area (Å²) in [6.07, 6.45) is 2.89. The molecule has 0 saturated heterocycles. The van der Waals surface area contributed by atoms with E-state index in [1.807, 2.05) is 19.1 Å². The van der Waals surface area contributed by atoms with E-state index < -0.39 is 0 Å². The fourth-order valence-corrected chi connectivity index (χ4v) is 1.92. The van der Waals surface area contributed by atoms with Crippen molar-refractivity contribution in [3.8, 4) is 0 Å². The average molecular weight is 238 g/mol. The lowest BCUT2D eigenvalue weighted by Gasteiger charge is -2.01. The van der Waals surface area contributed by atoms with Crippen molar-refractivity contribution < 1.29 is 9.59 Å². The van der Waals surface area contributed by atoms with Crippen molar-refractivity contribution in [2.75, 3.05) is 0 Å². The molecule has 6 heteroatoms. The average Bonchev–Trinajstić information content (AvgIpc) is 2.26. The molecule has 0 unspecified atom stereocenters. The van der Waals surface area contributed by atoms with Gasteiger partial charge in [0.15, 0.2) is 0 Å². The molecule has 0 atom stereocenters. The minimum atomic E-state index is 0.799. The van der Waals surface area contributed by atoms with E-state index in [0.29, 0.717) is 0 Å². The molecule has 0 N–H and O–H groups in total. The summed E-state index contributed by atoms with van der Waals surface area (Å²) in [7, 11) is 0. The van der Waals surface area contributed by atoms with Gasteiger partial charge in [-0.05, 0) is 24.6 Å². The molecule has 0 aliphatic heterocycles. The van der Waals surface area contributed by atoms with E-state index in [9.17, 15) is 9.59 Å². The standard InChI is InChI=1S/C9H6N2O2S2/c1-7-2-3-8(14-10-5-12)4-9(7)15-11-6-13/h2-4H,1H3. The van der Waals surface area contributed by atoms with Crippen molar-refractivity contribution in [3.05, 3.63) is 23.8 Å². The van der Waals surface area contributed by atoms with Gasteiger partial charge in [-0.15, -0.1) is 8.80 Å². The molecule has 0 saturated carbocycles. The van der Waals surface area contributed by atoms with Gasteiger partial charge in [-0.3, -0.25) is 0 Å². The van der Waals surface area contributed by atoms with Crippen molar-refractivity contribution in [2.24, 2.45) is 8.80 Å². The van der Waals surface area contributed by atoms with Gasteiger partial charge in [-0.1, -0.05) is 6.07 Å². The van der Waals surface area contributed by atoms with Crippen LogP contribution in [0, 0.1) is 6.92 Å². The Bertz CT molecular complexity index is 449. The third-order valence-corrected chi connectivity index (χ3v) is 2.96. The lowest BCUT2D eigenvalue weighted by Crippen LogP contribution is -1.78. The predicted octanol–water partition coefficient (Wildman–Crippen LogP) is 2.68. The Morgan fingerprint density at radius 3 is 2.47 bits per heavy atom. The topological polar surface area (TPSA) is 58.9 Å². The summed E-state index contributed by atoms with van der Waals surface area (Å²) >= 11 is 2.07. The maximum atomic E-state index is 9.96. The van der Waals surface area contributed by atoms with Crippen molar-refractivity contribution >= 4 is 36.1 Å². The number of aryl methyl sites for hydroxylation is 1. The van der Waals surface area contributed by atoms with Crippen LogP contribution in [0.25, 0.3) is 0 Å². The Balaban J connectivity index is 2.93. The van der Waals surface area contributed by atoms with Crippen molar-refractivity contribution in [1.82, 2.24) is 0 Å². The third kappa shape index (κ3) is 3.73. The van der Waals surface area contributed by atoms with Gasteiger partial charge < -0.3 is 0 Å². The molecule has 0 amide bonds. The van der Waals surface area contributed by atoms with E-state index in [4.69, 9.17) is 0 Å². The number of nitrogens with zero attached hydrogens (tertiary/aromatic N) is 2. The van der Waals surface area contributed by atoms with Gasteiger partial charge in [0.25, 0.3) is 0 Å². The second-order valence-corrected chi connectivity index (χ2v) is 4.12. The van der Waals surface area contributed by atoms with Crippen LogP contribution in [0.5, 0.6) is 0 Å². The predicted molar refractivity (Wildman–Crippen MR) is 59.1 cm³/mol. The molecule has 0 aliphatic rings. The number of hydrogen-bond donors (Lipinski definition) is 0. The van der Waals surface area contributed by atoms with E-state index in [0.717, 1.165) is 39.3 Å². The normalized spacial score (nSPS) is 8.87. The first-order valence-corrected chi connectivity index (χ1v) is 5.41. The monoisotopic (exact) mass is 238 g/mol. The molecular weight excluding hydrogens is 232 g/mol. The second kappa shape index (κ2) is 6.22. The van der Waals surface area contributed by atoms with E-state index in [1.165, 1.54) is 12.2 Å². The van der Waals surface area contributed by atoms with E-state index in [1.54, 1.807) is 6.07 Å². The number of benzene rings is 1. The number of isocyanates is 2. The summed E-state index contributed by atoms with van der Waals surface area (Å²) in [5.41, 5.74) is 0.999. The first kappa shape index (κ1) is 11.8. The molecule has 0 radical (unpaired) electrons. The van der Waals surface area contributed by atoms with Gasteiger partial charge in [0, 0.05) is 33.7 Å². The van der Waals surface area contributed by atoms with Crippen LogP contribution in [0.2, 0.25) is 0 Å². The van der Waals surface area contributed by atoms with E-state index in [2.05, 4.69) is 8.80 Å². The van der Waals surface area contributed by atoms with Crippen LogP contribution in [0.4, 0.5) is 0 Å². The molecule has 1 aromatic carbocycles. The SMILES string of the molecule is Cc1ccc(SN=C=O)cc1SN=C=O. The molecule has 15 heavy (non-hydrogen) atoms. The molecule has 0 aromatic heterocycles. The van der Waals surface area contributed by atoms with Gasteiger partial charge in [0.2, 0.25) is 12.2 Å². The highest BCUT2D eigenvalue weighted by molar-refractivity contribution is 7.99. The second-order valence-electron chi connectivity index (χ2n) is 2.48. The molecule has 0 bridgehead atoms. The highest BCUT2D eigenvalue weighted by Crippen LogP contribution is 2.28. The van der Waals surface area contributed by atoms with Gasteiger partial charge >= 0.3 is 0 Å². The molecule has 4 nitrogen and oxygen atoms in total. The Hall–Kier alpha value is -1.32. The van der Waals surface area contributed by atoms with Crippen LogP contribution in [-0.4, -0.2) is 12.2 Å². The van der Waals surface area contributed by atoms with Gasteiger partial charge in [0.05, 0.1) is 0 Å². The highest BCUT2D eigenvalue weighted by atomic mass is 32.2. The summed E-state index contributed by atoms with van der Waals surface area (Å²) in [5, 5.41) is 0. The van der Waals surface area contributed by atoms with Crippen LogP contribution >= 0.6 is 23.9 Å². The first-order valence-electron chi connectivity index (χ1n) is 3.87. The van der Waals surface area contributed by atoms with Gasteiger partial charge in [-0.2, -0.15) is 0 Å². The minimum absolute atomic E-state index is 0.799. The van der Waals surface area contributed by atoms with Crippen LogP contribution in [0.3, 0.4) is 0 Å². The minimum Gasteiger partial charge on any atom is -0.210 e. The molecule has 1 aromatic rings. The largest absolute Gasteiger partial charge is 0.247 e. The summed E-state index contributed by atoms with van der Waals surface area (Å²) < 4.78 is 6.81. The maximum Gasteiger partial charge on any atom is 0.247 e. The Morgan fingerprint density at radius 1 is 1.13 bits per heavy atom. The fraction of sp³-hybridized carbons (Fsp3) is 0.111. The molecule has 76 valence electrons. The zero-order valence-electron chi connectivity index (χ0n) is 7.76. The zero-order chi connectivity index (χ0) is 11.1. The molecular formula is C9H6N2O2S2. The van der Waals surface area contributed by atoms with E-state index in [-0.39, 0.29) is 0 Å². The number of carbonyl (C=O) groups excluding carboxylic acids is 2. The first-order chi connectivity index (χ1) is 7.27. The molecule has 0 fully saturated rings.